The van der Waals surface area contributed by atoms with Crippen LogP contribution in [0.15, 0.2) is 54.2 Å². The van der Waals surface area contributed by atoms with E-state index in [1.54, 1.807) is 18.4 Å². The summed E-state index contributed by atoms with van der Waals surface area (Å²) >= 11 is 3.60. The maximum atomic E-state index is 5.73. The van der Waals surface area contributed by atoms with E-state index in [1.165, 1.54) is 16.1 Å². The molecule has 0 aliphatic heterocycles. The Balaban J connectivity index is 1.91. The first-order chi connectivity index (χ1) is 11.8. The first kappa shape index (κ1) is 17.3. The van der Waals surface area contributed by atoms with E-state index in [0.29, 0.717) is 0 Å². The molecule has 24 heavy (non-hydrogen) atoms. The van der Waals surface area contributed by atoms with Crippen LogP contribution in [0.2, 0.25) is 0 Å². The van der Waals surface area contributed by atoms with E-state index in [0.717, 1.165) is 24.4 Å². The van der Waals surface area contributed by atoms with Gasteiger partial charge in [0.15, 0.2) is 0 Å². The molecule has 0 aliphatic rings. The van der Waals surface area contributed by atoms with Crippen LogP contribution in [0.3, 0.4) is 0 Å². The van der Waals surface area contributed by atoms with Gasteiger partial charge in [-0.3, -0.25) is 0 Å². The smallest absolute Gasteiger partial charge is 0.109 e. The van der Waals surface area contributed by atoms with Crippen LogP contribution < -0.4 is 0 Å². The van der Waals surface area contributed by atoms with Crippen molar-refractivity contribution in [3.63, 3.8) is 0 Å². The molecule has 3 rings (SSSR count). The van der Waals surface area contributed by atoms with Crippen LogP contribution in [0.25, 0.3) is 11.3 Å². The summed E-state index contributed by atoms with van der Waals surface area (Å²) in [6.07, 6.45) is 5.17. The molecule has 2 heterocycles. The summed E-state index contributed by atoms with van der Waals surface area (Å²) in [6.45, 7) is 0.792. The van der Waals surface area contributed by atoms with Gasteiger partial charge < -0.3 is 9.30 Å². The lowest BCUT2D eigenvalue weighted by Gasteiger charge is -2.17. The summed E-state index contributed by atoms with van der Waals surface area (Å²) < 4.78 is 7.99. The van der Waals surface area contributed by atoms with Gasteiger partial charge in [-0.15, -0.1) is 11.3 Å². The lowest BCUT2D eigenvalue weighted by molar-refractivity contribution is 0.0901. The van der Waals surface area contributed by atoms with Crippen LogP contribution in [0.1, 0.15) is 16.7 Å². The van der Waals surface area contributed by atoms with Gasteiger partial charge in [0.25, 0.3) is 0 Å². The van der Waals surface area contributed by atoms with Crippen molar-refractivity contribution >= 4 is 23.1 Å². The number of thiophene rings is 1. The molecule has 0 unspecified atom stereocenters. The summed E-state index contributed by atoms with van der Waals surface area (Å²) in [7, 11) is 1.78. The number of rotatable bonds is 8. The molecule has 2 aromatic heterocycles. The number of benzene rings is 1. The third-order valence-electron chi connectivity index (χ3n) is 4.04. The molecule has 1 aromatic carbocycles. The fraction of sp³-hybridized carbons (Fsp3) is 0.316. The molecule has 0 amide bonds. The minimum Gasteiger partial charge on any atom is -0.374 e. The lowest BCUT2D eigenvalue weighted by atomic mass is 10.1. The number of hydrogen-bond acceptors (Lipinski definition) is 4. The summed E-state index contributed by atoms with van der Waals surface area (Å²) in [5.41, 5.74) is 3.55. The fourth-order valence-corrected chi connectivity index (χ4v) is 3.99. The summed E-state index contributed by atoms with van der Waals surface area (Å²) in [4.78, 5) is 5.96. The normalized spacial score (nSPS) is 12.4. The predicted molar refractivity (Wildman–Crippen MR) is 104 cm³/mol. The highest BCUT2D eigenvalue weighted by atomic mass is 32.2. The highest BCUT2D eigenvalue weighted by Gasteiger charge is 2.17. The van der Waals surface area contributed by atoms with Crippen molar-refractivity contribution in [3.8, 4) is 11.3 Å². The predicted octanol–water partition coefficient (Wildman–Crippen LogP) is 4.90. The molecular weight excluding hydrogens is 336 g/mol. The van der Waals surface area contributed by atoms with Gasteiger partial charge in [0.1, 0.15) is 6.10 Å². The molecule has 0 N–H and O–H groups in total. The SMILES string of the molecule is CO[C@H](Cn1cnc(-c2ccccc2)c1CCSC)c1cccs1. The number of hydrogen-bond donors (Lipinski definition) is 0. The van der Waals surface area contributed by atoms with Crippen molar-refractivity contribution in [3.05, 3.63) is 64.7 Å². The van der Waals surface area contributed by atoms with Crippen LogP contribution in [-0.4, -0.2) is 28.7 Å². The molecule has 3 nitrogen and oxygen atoms in total. The number of imidazole rings is 1. The Morgan fingerprint density at radius 3 is 2.71 bits per heavy atom. The van der Waals surface area contributed by atoms with Gasteiger partial charge in [-0.1, -0.05) is 36.4 Å². The van der Waals surface area contributed by atoms with E-state index >= 15 is 0 Å². The van der Waals surface area contributed by atoms with Gasteiger partial charge in [-0.2, -0.15) is 11.8 Å². The molecule has 0 aliphatic carbocycles. The molecular formula is C19H22N2OS2. The second kappa shape index (κ2) is 8.51. The van der Waals surface area contributed by atoms with E-state index in [1.807, 2.05) is 24.2 Å². The third-order valence-corrected chi connectivity index (χ3v) is 5.62. The molecule has 0 fully saturated rings. The monoisotopic (exact) mass is 358 g/mol. The van der Waals surface area contributed by atoms with Crippen molar-refractivity contribution in [2.24, 2.45) is 0 Å². The Kier molecular flexibility index (Phi) is 6.12. The Bertz CT molecular complexity index is 738. The Morgan fingerprint density at radius 1 is 1.21 bits per heavy atom. The molecule has 0 saturated heterocycles. The summed E-state index contributed by atoms with van der Waals surface area (Å²) in [6, 6.07) is 14.6. The van der Waals surface area contributed by atoms with Crippen molar-refractivity contribution in [1.82, 2.24) is 9.55 Å². The number of ether oxygens (including phenoxy) is 1. The van der Waals surface area contributed by atoms with E-state index < -0.39 is 0 Å². The quantitative estimate of drug-likeness (QED) is 0.573. The van der Waals surface area contributed by atoms with E-state index in [4.69, 9.17) is 9.72 Å². The maximum Gasteiger partial charge on any atom is 0.109 e. The molecule has 126 valence electrons. The number of aromatic nitrogens is 2. The van der Waals surface area contributed by atoms with Gasteiger partial charge in [0.2, 0.25) is 0 Å². The number of methoxy groups -OCH3 is 1. The Labute approximate surface area is 151 Å². The maximum absolute atomic E-state index is 5.73. The van der Waals surface area contributed by atoms with E-state index in [2.05, 4.69) is 52.6 Å². The first-order valence-corrected chi connectivity index (χ1v) is 10.3. The zero-order valence-corrected chi connectivity index (χ0v) is 15.6. The largest absolute Gasteiger partial charge is 0.374 e. The minimum absolute atomic E-state index is 0.0656. The van der Waals surface area contributed by atoms with Crippen LogP contribution in [0.5, 0.6) is 0 Å². The standard InChI is InChI=1S/C19H22N2OS2/c1-22-17(18-9-6-11-24-18)13-21-14-20-19(16(21)10-12-23-2)15-7-4-3-5-8-15/h3-9,11,14,17H,10,12-13H2,1-2H3/t17-/m1/s1. The van der Waals surface area contributed by atoms with Crippen LogP contribution in [0, 0.1) is 0 Å². The van der Waals surface area contributed by atoms with Crippen LogP contribution in [-0.2, 0) is 17.7 Å². The van der Waals surface area contributed by atoms with E-state index in [-0.39, 0.29) is 6.10 Å². The molecule has 0 radical (unpaired) electrons. The Morgan fingerprint density at radius 2 is 2.04 bits per heavy atom. The van der Waals surface area contributed by atoms with Crippen molar-refractivity contribution in [2.45, 2.75) is 19.1 Å². The topological polar surface area (TPSA) is 27.1 Å². The first-order valence-electron chi connectivity index (χ1n) is 7.98. The minimum atomic E-state index is 0.0656. The second-order valence-corrected chi connectivity index (χ2v) is 7.51. The van der Waals surface area contributed by atoms with E-state index in [9.17, 15) is 0 Å². The average Bonchev–Trinajstić information content (AvgIpc) is 3.28. The number of thioether (sulfide) groups is 1. The zero-order valence-electron chi connectivity index (χ0n) is 14.0. The van der Waals surface area contributed by atoms with Gasteiger partial charge in [0.05, 0.1) is 18.6 Å². The molecule has 3 aromatic rings. The lowest BCUT2D eigenvalue weighted by Crippen LogP contribution is -2.12. The molecule has 1 atom stereocenters. The zero-order chi connectivity index (χ0) is 16.8. The van der Waals surface area contributed by atoms with Crippen molar-refractivity contribution in [2.75, 3.05) is 19.1 Å². The highest BCUT2D eigenvalue weighted by Crippen LogP contribution is 2.28. The number of nitrogens with zero attached hydrogens (tertiary/aromatic N) is 2. The van der Waals surface area contributed by atoms with Gasteiger partial charge in [0, 0.05) is 23.2 Å². The molecule has 0 spiro atoms. The van der Waals surface area contributed by atoms with Crippen LogP contribution >= 0.6 is 23.1 Å². The molecule has 5 heteroatoms. The average molecular weight is 359 g/mol. The molecule has 0 saturated carbocycles. The van der Waals surface area contributed by atoms with Gasteiger partial charge >= 0.3 is 0 Å². The molecule has 0 bridgehead atoms. The second-order valence-electron chi connectivity index (χ2n) is 5.54. The van der Waals surface area contributed by atoms with Gasteiger partial charge in [-0.25, -0.2) is 4.98 Å². The van der Waals surface area contributed by atoms with Crippen LogP contribution in [0.4, 0.5) is 0 Å². The fourth-order valence-electron chi connectivity index (χ4n) is 2.80. The highest BCUT2D eigenvalue weighted by molar-refractivity contribution is 7.98. The third kappa shape index (κ3) is 3.91. The van der Waals surface area contributed by atoms with Crippen molar-refractivity contribution < 1.29 is 4.74 Å². The summed E-state index contributed by atoms with van der Waals surface area (Å²) in [5.74, 6) is 1.09. The van der Waals surface area contributed by atoms with Gasteiger partial charge in [-0.05, 0) is 29.9 Å². The Hall–Kier alpha value is -1.56. The summed E-state index contributed by atoms with van der Waals surface area (Å²) in [5, 5.41) is 2.10. The van der Waals surface area contributed by atoms with Crippen molar-refractivity contribution in [1.29, 1.82) is 0 Å².